The zero-order valence-corrected chi connectivity index (χ0v) is 8.43. The molecule has 72 valence electrons. The van der Waals surface area contributed by atoms with Crippen molar-refractivity contribution in [2.45, 2.75) is 46.5 Å². The van der Waals surface area contributed by atoms with Crippen molar-refractivity contribution >= 4 is 5.97 Å². The Hall–Kier alpha value is -0.530. The molecule has 2 nitrogen and oxygen atoms in total. The topological polar surface area (TPSA) is 26.3 Å². The number of rotatable bonds is 6. The zero-order valence-electron chi connectivity index (χ0n) is 8.43. The number of carbonyl (C=O) groups excluding carboxylic acids is 1. The van der Waals surface area contributed by atoms with Gasteiger partial charge in [0.1, 0.15) is 0 Å². The Morgan fingerprint density at radius 2 is 2.08 bits per heavy atom. The molecule has 0 fully saturated rings. The lowest BCUT2D eigenvalue weighted by molar-refractivity contribution is -0.144. The van der Waals surface area contributed by atoms with Gasteiger partial charge in [-0.3, -0.25) is 4.79 Å². The fourth-order valence-corrected chi connectivity index (χ4v) is 0.854. The third kappa shape index (κ3) is 6.20. The smallest absolute Gasteiger partial charge is 0.305 e. The van der Waals surface area contributed by atoms with E-state index >= 15 is 0 Å². The minimum Gasteiger partial charge on any atom is -0.466 e. The Bertz CT molecular complexity index is 121. The molecule has 0 radical (unpaired) electrons. The van der Waals surface area contributed by atoms with Gasteiger partial charge in [-0.25, -0.2) is 0 Å². The van der Waals surface area contributed by atoms with Gasteiger partial charge in [-0.05, 0) is 18.8 Å². The van der Waals surface area contributed by atoms with Crippen LogP contribution in [0, 0.1) is 5.92 Å². The molecule has 0 aliphatic heterocycles. The number of hydrogen-bond donors (Lipinski definition) is 0. The second-order valence-corrected chi connectivity index (χ2v) is 3.27. The van der Waals surface area contributed by atoms with Crippen LogP contribution in [0.3, 0.4) is 0 Å². The highest BCUT2D eigenvalue weighted by Gasteiger charge is 2.02. The van der Waals surface area contributed by atoms with Gasteiger partial charge < -0.3 is 4.74 Å². The zero-order chi connectivity index (χ0) is 9.40. The van der Waals surface area contributed by atoms with Crippen molar-refractivity contribution in [3.8, 4) is 0 Å². The minimum absolute atomic E-state index is 0.0548. The largest absolute Gasteiger partial charge is 0.466 e. The first-order valence-electron chi connectivity index (χ1n) is 4.86. The van der Waals surface area contributed by atoms with Gasteiger partial charge in [0, 0.05) is 6.42 Å². The standard InChI is InChI=1S/C10H20O2/c1-4-6-10(11)12-8-7-9(3)5-2/h9H,4-8H2,1-3H3. The van der Waals surface area contributed by atoms with Crippen molar-refractivity contribution in [2.75, 3.05) is 6.61 Å². The van der Waals surface area contributed by atoms with Gasteiger partial charge in [0.25, 0.3) is 0 Å². The summed E-state index contributed by atoms with van der Waals surface area (Å²) in [5, 5.41) is 0. The van der Waals surface area contributed by atoms with Crippen LogP contribution in [0.25, 0.3) is 0 Å². The molecule has 0 saturated heterocycles. The third-order valence-electron chi connectivity index (χ3n) is 2.02. The van der Waals surface area contributed by atoms with E-state index in [1.807, 2.05) is 6.92 Å². The highest BCUT2D eigenvalue weighted by molar-refractivity contribution is 5.69. The average molecular weight is 172 g/mol. The Morgan fingerprint density at radius 1 is 1.42 bits per heavy atom. The van der Waals surface area contributed by atoms with Crippen molar-refractivity contribution < 1.29 is 9.53 Å². The molecule has 1 atom stereocenters. The van der Waals surface area contributed by atoms with E-state index in [1.54, 1.807) is 0 Å². The van der Waals surface area contributed by atoms with E-state index in [1.165, 1.54) is 0 Å². The highest BCUT2D eigenvalue weighted by Crippen LogP contribution is 2.06. The van der Waals surface area contributed by atoms with Crippen LogP contribution in [0.5, 0.6) is 0 Å². The second-order valence-electron chi connectivity index (χ2n) is 3.27. The average Bonchev–Trinajstić information content (AvgIpc) is 2.04. The first-order chi connectivity index (χ1) is 5.70. The molecule has 1 unspecified atom stereocenters. The predicted octanol–water partition coefficient (Wildman–Crippen LogP) is 2.77. The highest BCUT2D eigenvalue weighted by atomic mass is 16.5. The Balaban J connectivity index is 3.24. The Kier molecular flexibility index (Phi) is 6.82. The maximum Gasteiger partial charge on any atom is 0.305 e. The van der Waals surface area contributed by atoms with Crippen LogP contribution in [0.15, 0.2) is 0 Å². The van der Waals surface area contributed by atoms with Gasteiger partial charge >= 0.3 is 5.97 Å². The van der Waals surface area contributed by atoms with Crippen LogP contribution in [0.4, 0.5) is 0 Å². The summed E-state index contributed by atoms with van der Waals surface area (Å²) < 4.78 is 5.02. The van der Waals surface area contributed by atoms with E-state index in [0.29, 0.717) is 18.9 Å². The number of esters is 1. The van der Waals surface area contributed by atoms with Gasteiger partial charge in [-0.15, -0.1) is 0 Å². The van der Waals surface area contributed by atoms with E-state index in [9.17, 15) is 4.79 Å². The molecule has 0 aliphatic carbocycles. The number of hydrogen-bond acceptors (Lipinski definition) is 2. The molecule has 0 heterocycles. The first-order valence-corrected chi connectivity index (χ1v) is 4.86. The summed E-state index contributed by atoms with van der Waals surface area (Å²) in [6, 6.07) is 0. The molecule has 0 saturated carbocycles. The lowest BCUT2D eigenvalue weighted by Gasteiger charge is -2.08. The molecule has 0 N–H and O–H groups in total. The van der Waals surface area contributed by atoms with Crippen LogP contribution >= 0.6 is 0 Å². The molecular weight excluding hydrogens is 152 g/mol. The molecule has 0 amide bonds. The van der Waals surface area contributed by atoms with Gasteiger partial charge in [0.05, 0.1) is 6.61 Å². The van der Waals surface area contributed by atoms with E-state index < -0.39 is 0 Å². The summed E-state index contributed by atoms with van der Waals surface area (Å²) in [5.41, 5.74) is 0. The molecule has 0 spiro atoms. The summed E-state index contributed by atoms with van der Waals surface area (Å²) >= 11 is 0. The first kappa shape index (κ1) is 11.5. The molecular formula is C10H20O2. The van der Waals surface area contributed by atoms with Crippen LogP contribution in [0.2, 0.25) is 0 Å². The maximum absolute atomic E-state index is 10.9. The lowest BCUT2D eigenvalue weighted by atomic mass is 10.1. The minimum atomic E-state index is -0.0548. The van der Waals surface area contributed by atoms with Crippen molar-refractivity contribution in [3.05, 3.63) is 0 Å². The molecule has 12 heavy (non-hydrogen) atoms. The fraction of sp³-hybridized carbons (Fsp3) is 0.900. The van der Waals surface area contributed by atoms with Crippen molar-refractivity contribution in [1.29, 1.82) is 0 Å². The van der Waals surface area contributed by atoms with Crippen molar-refractivity contribution in [3.63, 3.8) is 0 Å². The molecule has 2 heteroatoms. The monoisotopic (exact) mass is 172 g/mol. The van der Waals surface area contributed by atoms with E-state index in [4.69, 9.17) is 4.74 Å². The third-order valence-corrected chi connectivity index (χ3v) is 2.02. The maximum atomic E-state index is 10.9. The van der Waals surface area contributed by atoms with Crippen molar-refractivity contribution in [1.82, 2.24) is 0 Å². The summed E-state index contributed by atoms with van der Waals surface area (Å²) in [4.78, 5) is 10.9. The van der Waals surface area contributed by atoms with Gasteiger partial charge in [-0.1, -0.05) is 27.2 Å². The predicted molar refractivity (Wildman–Crippen MR) is 49.9 cm³/mol. The molecule has 0 bridgehead atoms. The van der Waals surface area contributed by atoms with E-state index in [0.717, 1.165) is 19.3 Å². The fourth-order valence-electron chi connectivity index (χ4n) is 0.854. The molecule has 0 aromatic heterocycles. The van der Waals surface area contributed by atoms with Crippen LogP contribution in [-0.2, 0) is 9.53 Å². The SMILES string of the molecule is CCCC(=O)OCCC(C)CC. The summed E-state index contributed by atoms with van der Waals surface area (Å²) in [7, 11) is 0. The van der Waals surface area contributed by atoms with Gasteiger partial charge in [-0.2, -0.15) is 0 Å². The Labute approximate surface area is 75.3 Å². The molecule has 0 aromatic rings. The molecule has 0 aromatic carbocycles. The number of ether oxygens (including phenoxy) is 1. The Morgan fingerprint density at radius 3 is 2.58 bits per heavy atom. The van der Waals surface area contributed by atoms with E-state index in [2.05, 4.69) is 13.8 Å². The van der Waals surface area contributed by atoms with Crippen LogP contribution < -0.4 is 0 Å². The van der Waals surface area contributed by atoms with E-state index in [-0.39, 0.29) is 5.97 Å². The van der Waals surface area contributed by atoms with Crippen molar-refractivity contribution in [2.24, 2.45) is 5.92 Å². The molecule has 0 aliphatic rings. The van der Waals surface area contributed by atoms with Crippen LogP contribution in [-0.4, -0.2) is 12.6 Å². The summed E-state index contributed by atoms with van der Waals surface area (Å²) in [6.07, 6.45) is 3.58. The number of carbonyl (C=O) groups is 1. The van der Waals surface area contributed by atoms with Crippen LogP contribution in [0.1, 0.15) is 46.5 Å². The second kappa shape index (κ2) is 7.14. The normalized spacial score (nSPS) is 12.6. The molecule has 0 rings (SSSR count). The quantitative estimate of drug-likeness (QED) is 0.576. The van der Waals surface area contributed by atoms with Gasteiger partial charge in [0.15, 0.2) is 0 Å². The summed E-state index contributed by atoms with van der Waals surface area (Å²) in [6.45, 7) is 6.90. The lowest BCUT2D eigenvalue weighted by Crippen LogP contribution is -2.07. The van der Waals surface area contributed by atoms with Gasteiger partial charge in [0.2, 0.25) is 0 Å². The summed E-state index contributed by atoms with van der Waals surface area (Å²) in [5.74, 6) is 0.611.